The molecule has 0 saturated carbocycles. The van der Waals surface area contributed by atoms with Gasteiger partial charge >= 0.3 is 0 Å². The van der Waals surface area contributed by atoms with Crippen LogP contribution >= 0.6 is 0 Å². The van der Waals surface area contributed by atoms with Crippen LogP contribution in [0, 0.1) is 5.92 Å². The van der Waals surface area contributed by atoms with Gasteiger partial charge in [-0.15, -0.1) is 0 Å². The zero-order valence-electron chi connectivity index (χ0n) is 11.7. The third-order valence-electron chi connectivity index (χ3n) is 2.30. The Kier molecular flexibility index (Phi) is 8.91. The first-order valence-electron chi connectivity index (χ1n) is 6.20. The first kappa shape index (κ1) is 17.0. The molecule has 0 atom stereocenters. The Balaban J connectivity index is 4.35. The van der Waals surface area contributed by atoms with E-state index in [4.69, 9.17) is 11.6 Å². The molecule has 19 heavy (non-hydrogen) atoms. The molecular weight excluding hydrogens is 240 g/mol. The third-order valence-corrected chi connectivity index (χ3v) is 2.30. The predicted molar refractivity (Wildman–Crippen MR) is 79.0 cm³/mol. The summed E-state index contributed by atoms with van der Waals surface area (Å²) in [6.07, 6.45) is 10.7. The number of nitrogens with two attached hydrogens (primary N) is 2. The quantitative estimate of drug-likeness (QED) is 0.256. The van der Waals surface area contributed by atoms with Gasteiger partial charge in [0.05, 0.1) is 0 Å². The molecule has 5 N–H and O–H groups in total. The van der Waals surface area contributed by atoms with Crippen LogP contribution in [-0.4, -0.2) is 11.4 Å². The average Bonchev–Trinajstić information content (AvgIpc) is 2.35. The maximum atomic E-state index is 10.3. The Bertz CT molecular complexity index is 370. The summed E-state index contributed by atoms with van der Waals surface area (Å²) in [5.41, 5.74) is 7.17. The Morgan fingerprint density at radius 2 is 2.16 bits per heavy atom. The van der Waals surface area contributed by atoms with Crippen molar-refractivity contribution in [3.05, 3.63) is 48.6 Å². The minimum Gasteiger partial charge on any atom is -0.401 e. The SMILES string of the molecule is C=C/C(=C\C=C\N(N)/C=C(\N)CCC(C)C)NC=O. The van der Waals surface area contributed by atoms with Crippen molar-refractivity contribution in [1.82, 2.24) is 10.3 Å². The van der Waals surface area contributed by atoms with Gasteiger partial charge in [0, 0.05) is 23.8 Å². The Morgan fingerprint density at radius 1 is 1.47 bits per heavy atom. The lowest BCUT2D eigenvalue weighted by Crippen LogP contribution is -2.20. The van der Waals surface area contributed by atoms with Gasteiger partial charge in [-0.2, -0.15) is 0 Å². The van der Waals surface area contributed by atoms with Gasteiger partial charge in [0.25, 0.3) is 0 Å². The van der Waals surface area contributed by atoms with Crippen LogP contribution in [0.25, 0.3) is 0 Å². The molecule has 0 spiro atoms. The largest absolute Gasteiger partial charge is 0.401 e. The average molecular weight is 264 g/mol. The number of carbonyl (C=O) groups is 1. The molecule has 0 aromatic heterocycles. The molecule has 0 aromatic rings. The van der Waals surface area contributed by atoms with Crippen LogP contribution in [0.4, 0.5) is 0 Å². The second-order valence-electron chi connectivity index (χ2n) is 4.51. The summed E-state index contributed by atoms with van der Waals surface area (Å²) < 4.78 is 0. The van der Waals surface area contributed by atoms with Crippen LogP contribution in [-0.2, 0) is 4.79 Å². The summed E-state index contributed by atoms with van der Waals surface area (Å²) in [5, 5.41) is 3.87. The van der Waals surface area contributed by atoms with E-state index < -0.39 is 0 Å². The highest BCUT2D eigenvalue weighted by Gasteiger charge is 1.96. The van der Waals surface area contributed by atoms with Crippen molar-refractivity contribution in [1.29, 1.82) is 0 Å². The minimum absolute atomic E-state index is 0.589. The first-order valence-corrected chi connectivity index (χ1v) is 6.20. The second kappa shape index (κ2) is 9.96. The molecule has 106 valence electrons. The van der Waals surface area contributed by atoms with E-state index in [1.165, 1.54) is 11.1 Å². The number of nitrogens with zero attached hydrogens (tertiary/aromatic N) is 1. The molecule has 0 aliphatic heterocycles. The van der Waals surface area contributed by atoms with E-state index in [-0.39, 0.29) is 0 Å². The Labute approximate surface area is 115 Å². The first-order chi connectivity index (χ1) is 8.99. The van der Waals surface area contributed by atoms with Crippen LogP contribution in [0.2, 0.25) is 0 Å². The number of nitrogens with one attached hydrogen (secondary N) is 1. The van der Waals surface area contributed by atoms with Crippen molar-refractivity contribution in [3.63, 3.8) is 0 Å². The molecule has 5 nitrogen and oxygen atoms in total. The van der Waals surface area contributed by atoms with Crippen LogP contribution in [0.1, 0.15) is 26.7 Å². The molecule has 0 unspecified atom stereocenters. The number of rotatable bonds is 9. The number of hydrogen-bond acceptors (Lipinski definition) is 4. The van der Waals surface area contributed by atoms with Crippen molar-refractivity contribution in [3.8, 4) is 0 Å². The van der Waals surface area contributed by atoms with Crippen molar-refractivity contribution < 1.29 is 4.79 Å². The van der Waals surface area contributed by atoms with Gasteiger partial charge in [-0.05, 0) is 37.0 Å². The van der Waals surface area contributed by atoms with Gasteiger partial charge in [-0.25, -0.2) is 5.84 Å². The van der Waals surface area contributed by atoms with E-state index in [1.54, 1.807) is 24.6 Å². The smallest absolute Gasteiger partial charge is 0.211 e. The third kappa shape index (κ3) is 9.67. The monoisotopic (exact) mass is 264 g/mol. The maximum absolute atomic E-state index is 10.3. The normalized spacial score (nSPS) is 12.8. The molecule has 0 aliphatic carbocycles. The van der Waals surface area contributed by atoms with Crippen molar-refractivity contribution >= 4 is 6.41 Å². The summed E-state index contributed by atoms with van der Waals surface area (Å²) in [6.45, 7) is 7.86. The fourth-order valence-electron chi connectivity index (χ4n) is 1.24. The molecular formula is C14H24N4O. The standard InChI is InChI=1S/C14H24N4O/c1-4-14(17-11-19)6-5-9-18(16)10-13(15)8-7-12(2)3/h4-6,9-12H,1,7-8,15-16H2,2-3H3,(H,17,19)/b9-5+,13-10-,14-6+. The van der Waals surface area contributed by atoms with E-state index >= 15 is 0 Å². The summed E-state index contributed by atoms with van der Waals surface area (Å²) in [6, 6.07) is 0. The van der Waals surface area contributed by atoms with Gasteiger partial charge in [0.2, 0.25) is 6.41 Å². The number of amides is 1. The maximum Gasteiger partial charge on any atom is 0.211 e. The Morgan fingerprint density at radius 3 is 2.68 bits per heavy atom. The molecule has 0 heterocycles. The van der Waals surface area contributed by atoms with E-state index in [9.17, 15) is 4.79 Å². The molecule has 0 aliphatic rings. The number of hydrazine groups is 1. The van der Waals surface area contributed by atoms with Gasteiger partial charge in [0.15, 0.2) is 0 Å². The number of carbonyl (C=O) groups excluding carboxylic acids is 1. The lowest BCUT2D eigenvalue weighted by Gasteiger charge is -2.10. The summed E-state index contributed by atoms with van der Waals surface area (Å²) in [5.74, 6) is 6.34. The summed E-state index contributed by atoms with van der Waals surface area (Å²) in [7, 11) is 0. The molecule has 0 bridgehead atoms. The fraction of sp³-hybridized carbons (Fsp3) is 0.357. The van der Waals surface area contributed by atoms with Gasteiger partial charge in [0.1, 0.15) is 0 Å². The molecule has 0 radical (unpaired) electrons. The summed E-state index contributed by atoms with van der Waals surface area (Å²) >= 11 is 0. The second-order valence-corrected chi connectivity index (χ2v) is 4.51. The number of allylic oxidation sites excluding steroid dienone is 4. The van der Waals surface area contributed by atoms with E-state index in [1.807, 2.05) is 0 Å². The van der Waals surface area contributed by atoms with Gasteiger partial charge < -0.3 is 11.1 Å². The predicted octanol–water partition coefficient (Wildman–Crippen LogP) is 1.73. The molecule has 5 heteroatoms. The van der Waals surface area contributed by atoms with Crippen molar-refractivity contribution in [2.45, 2.75) is 26.7 Å². The highest BCUT2D eigenvalue weighted by molar-refractivity contribution is 5.52. The zero-order chi connectivity index (χ0) is 14.7. The van der Waals surface area contributed by atoms with E-state index in [2.05, 4.69) is 25.7 Å². The van der Waals surface area contributed by atoms with Crippen LogP contribution < -0.4 is 16.9 Å². The number of hydrogen-bond donors (Lipinski definition) is 3. The lowest BCUT2D eigenvalue weighted by molar-refractivity contribution is -0.108. The van der Waals surface area contributed by atoms with Crippen molar-refractivity contribution in [2.75, 3.05) is 0 Å². The van der Waals surface area contributed by atoms with Gasteiger partial charge in [-0.1, -0.05) is 20.4 Å². The lowest BCUT2D eigenvalue weighted by atomic mass is 10.1. The van der Waals surface area contributed by atoms with Crippen LogP contribution in [0.15, 0.2) is 48.6 Å². The molecule has 0 fully saturated rings. The van der Waals surface area contributed by atoms with Crippen LogP contribution in [0.3, 0.4) is 0 Å². The molecule has 0 saturated heterocycles. The fourth-order valence-corrected chi connectivity index (χ4v) is 1.24. The van der Waals surface area contributed by atoms with Gasteiger partial charge in [-0.3, -0.25) is 9.80 Å². The van der Waals surface area contributed by atoms with Crippen molar-refractivity contribution in [2.24, 2.45) is 17.5 Å². The molecule has 0 aromatic carbocycles. The topological polar surface area (TPSA) is 84.4 Å². The zero-order valence-corrected chi connectivity index (χ0v) is 11.7. The molecule has 1 amide bonds. The Hall–Kier alpha value is -2.01. The molecule has 0 rings (SSSR count). The highest BCUT2D eigenvalue weighted by atomic mass is 16.1. The van der Waals surface area contributed by atoms with E-state index in [0.717, 1.165) is 18.5 Å². The van der Waals surface area contributed by atoms with Crippen LogP contribution in [0.5, 0.6) is 0 Å². The minimum atomic E-state index is 0.589. The highest BCUT2D eigenvalue weighted by Crippen LogP contribution is 2.07. The van der Waals surface area contributed by atoms with E-state index in [0.29, 0.717) is 18.0 Å². The summed E-state index contributed by atoms with van der Waals surface area (Å²) in [4.78, 5) is 10.3.